The summed E-state index contributed by atoms with van der Waals surface area (Å²) in [6, 6.07) is 5.38. The van der Waals surface area contributed by atoms with Gasteiger partial charge >= 0.3 is 0 Å². The summed E-state index contributed by atoms with van der Waals surface area (Å²) in [6.07, 6.45) is 0.755. The third-order valence-electron chi connectivity index (χ3n) is 2.35. The second kappa shape index (κ2) is 6.60. The van der Waals surface area contributed by atoms with Crippen LogP contribution in [0.2, 0.25) is 10.0 Å². The summed E-state index contributed by atoms with van der Waals surface area (Å²) < 4.78 is 11.9. The second-order valence-electron chi connectivity index (χ2n) is 3.63. The van der Waals surface area contributed by atoms with Crippen molar-refractivity contribution >= 4 is 34.0 Å². The molecule has 0 aromatic heterocycles. The zero-order valence-corrected chi connectivity index (χ0v) is 11.4. The van der Waals surface area contributed by atoms with Crippen LogP contribution in [0.5, 0.6) is 0 Å². The van der Waals surface area contributed by atoms with Crippen LogP contribution in [0.3, 0.4) is 0 Å². The van der Waals surface area contributed by atoms with Crippen molar-refractivity contribution < 1.29 is 4.21 Å². The van der Waals surface area contributed by atoms with E-state index >= 15 is 0 Å². The number of halogens is 2. The fourth-order valence-electron chi connectivity index (χ4n) is 1.32. The molecule has 0 aliphatic heterocycles. The van der Waals surface area contributed by atoms with Gasteiger partial charge in [-0.15, -0.1) is 0 Å². The lowest BCUT2D eigenvalue weighted by atomic mass is 10.2. The molecule has 2 atom stereocenters. The normalized spacial score (nSPS) is 14.8. The Morgan fingerprint density at radius 2 is 2.12 bits per heavy atom. The maximum atomic E-state index is 11.9. The quantitative estimate of drug-likeness (QED) is 0.901. The average molecular weight is 280 g/mol. The van der Waals surface area contributed by atoms with E-state index < -0.39 is 10.8 Å². The molecule has 0 radical (unpaired) electrons. The summed E-state index contributed by atoms with van der Waals surface area (Å²) in [5, 5.41) is 1.08. The summed E-state index contributed by atoms with van der Waals surface area (Å²) >= 11 is 11.9. The molecule has 1 aromatic rings. The zero-order chi connectivity index (χ0) is 12.1. The van der Waals surface area contributed by atoms with Crippen molar-refractivity contribution in [2.75, 3.05) is 6.54 Å². The summed E-state index contributed by atoms with van der Waals surface area (Å²) in [4.78, 5) is 0. The van der Waals surface area contributed by atoms with Gasteiger partial charge in [0, 0.05) is 16.0 Å². The summed E-state index contributed by atoms with van der Waals surface area (Å²) in [7, 11) is -0.957. The van der Waals surface area contributed by atoms with Crippen molar-refractivity contribution in [2.24, 2.45) is 5.73 Å². The molecule has 90 valence electrons. The number of hydrogen-bond acceptors (Lipinski definition) is 2. The monoisotopic (exact) mass is 279 g/mol. The van der Waals surface area contributed by atoms with Gasteiger partial charge in [0.2, 0.25) is 0 Å². The Balaban J connectivity index is 2.73. The smallest absolute Gasteiger partial charge is 0.0633 e. The molecule has 0 fully saturated rings. The van der Waals surface area contributed by atoms with E-state index in [1.54, 1.807) is 6.07 Å². The van der Waals surface area contributed by atoms with Crippen molar-refractivity contribution in [1.82, 2.24) is 0 Å². The van der Waals surface area contributed by atoms with Crippen molar-refractivity contribution in [3.8, 4) is 0 Å². The molecule has 0 saturated heterocycles. The van der Waals surface area contributed by atoms with Gasteiger partial charge < -0.3 is 5.73 Å². The highest BCUT2D eigenvalue weighted by Gasteiger charge is 2.13. The average Bonchev–Trinajstić information content (AvgIpc) is 2.25. The molecule has 1 rings (SSSR count). The van der Waals surface area contributed by atoms with Crippen LogP contribution >= 0.6 is 23.2 Å². The molecule has 0 amide bonds. The number of hydrogen-bond donors (Lipinski definition) is 1. The lowest BCUT2D eigenvalue weighted by Crippen LogP contribution is -2.17. The van der Waals surface area contributed by atoms with Gasteiger partial charge in [-0.1, -0.05) is 42.3 Å². The molecule has 0 spiro atoms. The molecule has 1 aromatic carbocycles. The van der Waals surface area contributed by atoms with Gasteiger partial charge in [0.15, 0.2) is 0 Å². The van der Waals surface area contributed by atoms with E-state index in [0.29, 0.717) is 22.3 Å². The summed E-state index contributed by atoms with van der Waals surface area (Å²) in [5.74, 6) is 0.431. The summed E-state index contributed by atoms with van der Waals surface area (Å²) in [5.41, 5.74) is 6.26. The van der Waals surface area contributed by atoms with Gasteiger partial charge in [-0.3, -0.25) is 4.21 Å². The minimum atomic E-state index is -0.957. The minimum absolute atomic E-state index is 0.0834. The van der Waals surface area contributed by atoms with E-state index in [0.717, 1.165) is 12.0 Å². The predicted molar refractivity (Wildman–Crippen MR) is 71.4 cm³/mol. The van der Waals surface area contributed by atoms with Crippen LogP contribution in [-0.2, 0) is 16.6 Å². The Morgan fingerprint density at radius 3 is 2.75 bits per heavy atom. The lowest BCUT2D eigenvalue weighted by Gasteiger charge is -2.11. The van der Waals surface area contributed by atoms with Crippen LogP contribution in [-0.4, -0.2) is 16.0 Å². The molecule has 0 heterocycles. The maximum Gasteiger partial charge on any atom is 0.0633 e. The number of nitrogens with two attached hydrogens (primary N) is 1. The number of benzene rings is 1. The van der Waals surface area contributed by atoms with E-state index in [2.05, 4.69) is 0 Å². The molecule has 0 aliphatic rings. The van der Waals surface area contributed by atoms with Crippen molar-refractivity contribution in [3.05, 3.63) is 33.8 Å². The Kier molecular flexibility index (Phi) is 5.76. The van der Waals surface area contributed by atoms with Gasteiger partial charge in [-0.25, -0.2) is 0 Å². The highest BCUT2D eigenvalue weighted by Crippen LogP contribution is 2.27. The Labute approximate surface area is 109 Å². The highest BCUT2D eigenvalue weighted by molar-refractivity contribution is 7.84. The third kappa shape index (κ3) is 3.74. The van der Waals surface area contributed by atoms with Crippen LogP contribution in [0.4, 0.5) is 0 Å². The zero-order valence-electron chi connectivity index (χ0n) is 9.08. The SMILES string of the molecule is CC(CCN)S(=O)Cc1cccc(Cl)c1Cl. The minimum Gasteiger partial charge on any atom is -0.330 e. The Hall–Kier alpha value is -0.0900. The van der Waals surface area contributed by atoms with Gasteiger partial charge in [0.1, 0.15) is 0 Å². The first kappa shape index (κ1) is 14.0. The van der Waals surface area contributed by atoms with Crippen molar-refractivity contribution in [1.29, 1.82) is 0 Å². The molecule has 2 nitrogen and oxygen atoms in total. The lowest BCUT2D eigenvalue weighted by molar-refractivity contribution is 0.665. The Bertz CT molecular complexity index is 384. The molecule has 0 saturated carbocycles. The topological polar surface area (TPSA) is 43.1 Å². The summed E-state index contributed by atoms with van der Waals surface area (Å²) in [6.45, 7) is 2.48. The van der Waals surface area contributed by atoms with Crippen LogP contribution in [0.1, 0.15) is 18.9 Å². The Morgan fingerprint density at radius 1 is 1.44 bits per heavy atom. The van der Waals surface area contributed by atoms with Crippen LogP contribution in [0.15, 0.2) is 18.2 Å². The van der Waals surface area contributed by atoms with E-state index in [9.17, 15) is 4.21 Å². The van der Waals surface area contributed by atoms with Crippen LogP contribution in [0.25, 0.3) is 0 Å². The molecule has 5 heteroatoms. The largest absolute Gasteiger partial charge is 0.330 e. The van der Waals surface area contributed by atoms with Gasteiger partial charge in [0.05, 0.1) is 15.8 Å². The fraction of sp³-hybridized carbons (Fsp3) is 0.455. The molecular formula is C11H15Cl2NOS. The van der Waals surface area contributed by atoms with Gasteiger partial charge in [-0.05, 0) is 24.6 Å². The first-order valence-electron chi connectivity index (χ1n) is 5.06. The molecule has 2 unspecified atom stereocenters. The third-order valence-corrected chi connectivity index (χ3v) is 4.94. The highest BCUT2D eigenvalue weighted by atomic mass is 35.5. The first-order valence-corrected chi connectivity index (χ1v) is 7.20. The molecular weight excluding hydrogens is 265 g/mol. The van der Waals surface area contributed by atoms with Crippen LogP contribution < -0.4 is 5.73 Å². The molecule has 16 heavy (non-hydrogen) atoms. The standard InChI is InChI=1S/C11H15Cl2NOS/c1-8(5-6-14)16(15)7-9-3-2-4-10(12)11(9)13/h2-4,8H,5-7,14H2,1H3. The molecule has 2 N–H and O–H groups in total. The number of rotatable bonds is 5. The van der Waals surface area contributed by atoms with E-state index in [1.165, 1.54) is 0 Å². The maximum absolute atomic E-state index is 11.9. The van der Waals surface area contributed by atoms with Crippen molar-refractivity contribution in [3.63, 3.8) is 0 Å². The van der Waals surface area contributed by atoms with E-state index in [4.69, 9.17) is 28.9 Å². The molecule has 0 bridgehead atoms. The molecule has 0 aliphatic carbocycles. The van der Waals surface area contributed by atoms with Gasteiger partial charge in [-0.2, -0.15) is 0 Å². The van der Waals surface area contributed by atoms with E-state index in [-0.39, 0.29) is 5.25 Å². The predicted octanol–water partition coefficient (Wildman–Crippen LogP) is 2.98. The second-order valence-corrected chi connectivity index (χ2v) is 6.27. The fourth-order valence-corrected chi connectivity index (χ4v) is 3.02. The van der Waals surface area contributed by atoms with E-state index in [1.807, 2.05) is 19.1 Å². The van der Waals surface area contributed by atoms with Crippen LogP contribution in [0, 0.1) is 0 Å². The van der Waals surface area contributed by atoms with Gasteiger partial charge in [0.25, 0.3) is 0 Å². The van der Waals surface area contributed by atoms with Crippen molar-refractivity contribution in [2.45, 2.75) is 24.3 Å². The first-order chi connectivity index (χ1) is 7.56.